The van der Waals surface area contributed by atoms with Crippen LogP contribution in [0, 0.1) is 5.92 Å². The van der Waals surface area contributed by atoms with E-state index in [0.29, 0.717) is 11.8 Å². The van der Waals surface area contributed by atoms with Gasteiger partial charge in [-0.2, -0.15) is 0 Å². The largest absolute Gasteiger partial charge is 0.448 e. The van der Waals surface area contributed by atoms with Gasteiger partial charge < -0.3 is 9.15 Å². The van der Waals surface area contributed by atoms with Crippen LogP contribution in [-0.2, 0) is 9.53 Å². The van der Waals surface area contributed by atoms with Crippen molar-refractivity contribution in [2.24, 2.45) is 5.92 Å². The molecule has 1 aliphatic rings. The van der Waals surface area contributed by atoms with Gasteiger partial charge in [0, 0.05) is 13.2 Å². The first-order valence-electron chi connectivity index (χ1n) is 5.26. The molecule has 1 aliphatic heterocycles. The molecule has 1 unspecified atom stereocenters. The maximum Gasteiger partial charge on any atom is 0.204 e. The molecule has 1 saturated heterocycles. The van der Waals surface area contributed by atoms with Crippen molar-refractivity contribution in [2.75, 3.05) is 13.2 Å². The Morgan fingerprint density at radius 2 is 2.27 bits per heavy atom. The standard InChI is InChI=1S/C11H15NO3/c1-8(13)10(11-12-4-7-15-11)9-2-5-14-6-3-9/h4,7,9-10H,2-3,5-6H2,1H3. The predicted molar refractivity (Wildman–Crippen MR) is 53.5 cm³/mol. The van der Waals surface area contributed by atoms with E-state index in [0.717, 1.165) is 26.1 Å². The van der Waals surface area contributed by atoms with Gasteiger partial charge in [-0.1, -0.05) is 0 Å². The van der Waals surface area contributed by atoms with Crippen molar-refractivity contribution in [3.63, 3.8) is 0 Å². The zero-order chi connectivity index (χ0) is 10.7. The molecule has 82 valence electrons. The Hall–Kier alpha value is -1.16. The molecule has 1 atom stereocenters. The number of nitrogens with zero attached hydrogens (tertiary/aromatic N) is 1. The Morgan fingerprint density at radius 3 is 2.80 bits per heavy atom. The minimum absolute atomic E-state index is 0.129. The Labute approximate surface area is 88.6 Å². The van der Waals surface area contributed by atoms with Crippen LogP contribution in [0.3, 0.4) is 0 Å². The number of carbonyl (C=O) groups excluding carboxylic acids is 1. The monoisotopic (exact) mass is 209 g/mol. The van der Waals surface area contributed by atoms with Gasteiger partial charge in [-0.05, 0) is 25.7 Å². The molecule has 0 radical (unpaired) electrons. The van der Waals surface area contributed by atoms with Gasteiger partial charge in [-0.15, -0.1) is 0 Å². The summed E-state index contributed by atoms with van der Waals surface area (Å²) in [4.78, 5) is 15.7. The highest BCUT2D eigenvalue weighted by atomic mass is 16.5. The van der Waals surface area contributed by atoms with Crippen molar-refractivity contribution < 1.29 is 13.9 Å². The molecule has 15 heavy (non-hydrogen) atoms. The fraction of sp³-hybridized carbons (Fsp3) is 0.636. The number of aromatic nitrogens is 1. The van der Waals surface area contributed by atoms with Gasteiger partial charge in [-0.3, -0.25) is 4.79 Å². The van der Waals surface area contributed by atoms with Crippen LogP contribution in [0.15, 0.2) is 16.9 Å². The van der Waals surface area contributed by atoms with Crippen molar-refractivity contribution in [3.05, 3.63) is 18.4 Å². The molecule has 2 rings (SSSR count). The molecule has 0 saturated carbocycles. The summed E-state index contributed by atoms with van der Waals surface area (Å²) in [6.07, 6.45) is 4.93. The Balaban J connectivity index is 2.15. The maximum absolute atomic E-state index is 11.6. The topological polar surface area (TPSA) is 52.3 Å². The molecular weight excluding hydrogens is 194 g/mol. The van der Waals surface area contributed by atoms with Crippen LogP contribution in [0.1, 0.15) is 31.6 Å². The van der Waals surface area contributed by atoms with Crippen molar-refractivity contribution in [1.82, 2.24) is 4.98 Å². The van der Waals surface area contributed by atoms with E-state index in [4.69, 9.17) is 9.15 Å². The molecule has 2 heterocycles. The fourth-order valence-electron chi connectivity index (χ4n) is 2.14. The molecule has 4 heteroatoms. The highest BCUT2D eigenvalue weighted by molar-refractivity contribution is 5.82. The number of Topliss-reactive ketones (excluding diaryl/α,β-unsaturated/α-hetero) is 1. The maximum atomic E-state index is 11.6. The number of carbonyl (C=O) groups is 1. The minimum atomic E-state index is -0.191. The first kappa shape index (κ1) is 10.4. The number of hydrogen-bond donors (Lipinski definition) is 0. The molecule has 4 nitrogen and oxygen atoms in total. The van der Waals surface area contributed by atoms with Crippen LogP contribution in [-0.4, -0.2) is 24.0 Å². The van der Waals surface area contributed by atoms with Gasteiger partial charge in [0.15, 0.2) is 0 Å². The Kier molecular flexibility index (Phi) is 3.16. The third-order valence-electron chi connectivity index (χ3n) is 2.89. The van der Waals surface area contributed by atoms with Crippen molar-refractivity contribution in [3.8, 4) is 0 Å². The summed E-state index contributed by atoms with van der Waals surface area (Å²) >= 11 is 0. The number of rotatable bonds is 3. The quantitative estimate of drug-likeness (QED) is 0.761. The summed E-state index contributed by atoms with van der Waals surface area (Å²) in [5.74, 6) is 0.803. The lowest BCUT2D eigenvalue weighted by atomic mass is 9.83. The number of ether oxygens (including phenoxy) is 1. The summed E-state index contributed by atoms with van der Waals surface area (Å²) in [5.41, 5.74) is 0. The van der Waals surface area contributed by atoms with E-state index in [1.807, 2.05) is 0 Å². The van der Waals surface area contributed by atoms with E-state index in [1.54, 1.807) is 13.1 Å². The number of hydrogen-bond acceptors (Lipinski definition) is 4. The smallest absolute Gasteiger partial charge is 0.204 e. The molecule has 1 aromatic rings. The van der Waals surface area contributed by atoms with Crippen molar-refractivity contribution in [1.29, 1.82) is 0 Å². The van der Waals surface area contributed by atoms with Crippen LogP contribution < -0.4 is 0 Å². The molecule has 0 aromatic carbocycles. The third-order valence-corrected chi connectivity index (χ3v) is 2.89. The van der Waals surface area contributed by atoms with Crippen molar-refractivity contribution in [2.45, 2.75) is 25.7 Å². The fourth-order valence-corrected chi connectivity index (χ4v) is 2.14. The lowest BCUT2D eigenvalue weighted by Crippen LogP contribution is -2.26. The van der Waals surface area contributed by atoms with Crippen LogP contribution in [0.5, 0.6) is 0 Å². The summed E-state index contributed by atoms with van der Waals surface area (Å²) in [6, 6.07) is 0. The lowest BCUT2D eigenvalue weighted by Gasteiger charge is -2.26. The normalized spacial score (nSPS) is 20.1. The van der Waals surface area contributed by atoms with Gasteiger partial charge in [0.2, 0.25) is 5.89 Å². The molecule has 1 fully saturated rings. The van der Waals surface area contributed by atoms with Crippen LogP contribution in [0.2, 0.25) is 0 Å². The molecule has 0 aliphatic carbocycles. The average molecular weight is 209 g/mol. The zero-order valence-corrected chi connectivity index (χ0v) is 8.81. The Morgan fingerprint density at radius 1 is 1.53 bits per heavy atom. The van der Waals surface area contributed by atoms with Gasteiger partial charge in [0.25, 0.3) is 0 Å². The van der Waals surface area contributed by atoms with E-state index in [9.17, 15) is 4.79 Å². The summed E-state index contributed by atoms with van der Waals surface area (Å²) < 4.78 is 10.5. The lowest BCUT2D eigenvalue weighted by molar-refractivity contribution is -0.121. The van der Waals surface area contributed by atoms with E-state index in [2.05, 4.69) is 4.98 Å². The van der Waals surface area contributed by atoms with Gasteiger partial charge in [0.1, 0.15) is 12.0 Å². The minimum Gasteiger partial charge on any atom is -0.448 e. The van der Waals surface area contributed by atoms with E-state index >= 15 is 0 Å². The van der Waals surface area contributed by atoms with Gasteiger partial charge in [-0.25, -0.2) is 4.98 Å². The molecular formula is C11H15NO3. The molecule has 0 bridgehead atoms. The highest BCUT2D eigenvalue weighted by Crippen LogP contribution is 2.31. The average Bonchev–Trinajstić information content (AvgIpc) is 2.72. The van der Waals surface area contributed by atoms with Gasteiger partial charge in [0.05, 0.1) is 12.1 Å². The second kappa shape index (κ2) is 4.57. The highest BCUT2D eigenvalue weighted by Gasteiger charge is 2.31. The Bertz CT molecular complexity index is 315. The molecule has 1 aromatic heterocycles. The van der Waals surface area contributed by atoms with Crippen molar-refractivity contribution >= 4 is 5.78 Å². The first-order valence-corrected chi connectivity index (χ1v) is 5.26. The third kappa shape index (κ3) is 2.26. The number of ketones is 1. The van der Waals surface area contributed by atoms with Crippen LogP contribution in [0.4, 0.5) is 0 Å². The van der Waals surface area contributed by atoms with Crippen LogP contribution >= 0.6 is 0 Å². The molecule has 0 N–H and O–H groups in total. The number of oxazole rings is 1. The summed E-state index contributed by atoms with van der Waals surface area (Å²) in [6.45, 7) is 3.06. The molecule has 0 amide bonds. The summed E-state index contributed by atoms with van der Waals surface area (Å²) in [7, 11) is 0. The van der Waals surface area contributed by atoms with E-state index in [-0.39, 0.29) is 11.7 Å². The van der Waals surface area contributed by atoms with Crippen LogP contribution in [0.25, 0.3) is 0 Å². The second-order valence-electron chi connectivity index (χ2n) is 3.91. The zero-order valence-electron chi connectivity index (χ0n) is 8.81. The molecule has 0 spiro atoms. The SMILES string of the molecule is CC(=O)C(c1ncco1)C1CCOCC1. The second-order valence-corrected chi connectivity index (χ2v) is 3.91. The first-order chi connectivity index (χ1) is 7.29. The predicted octanol–water partition coefficient (Wildman–Crippen LogP) is 1.77. The van der Waals surface area contributed by atoms with E-state index < -0.39 is 0 Å². The summed E-state index contributed by atoms with van der Waals surface area (Å²) in [5, 5.41) is 0. The van der Waals surface area contributed by atoms with E-state index in [1.165, 1.54) is 6.26 Å². The van der Waals surface area contributed by atoms with Gasteiger partial charge >= 0.3 is 0 Å².